The molecule has 0 radical (unpaired) electrons. The molecule has 5 rings (SSSR count). The zero-order valence-electron chi connectivity index (χ0n) is 18.7. The molecule has 1 saturated carbocycles. The highest BCUT2D eigenvalue weighted by Crippen LogP contribution is 2.34. The first-order chi connectivity index (χ1) is 15.5. The van der Waals surface area contributed by atoms with Crippen molar-refractivity contribution in [3.8, 4) is 0 Å². The first-order valence-corrected chi connectivity index (χ1v) is 11.6. The third-order valence-corrected chi connectivity index (χ3v) is 6.77. The van der Waals surface area contributed by atoms with Gasteiger partial charge in [-0.05, 0) is 50.2 Å². The fraction of sp³-hybridized carbons (Fsp3) is 0.542. The van der Waals surface area contributed by atoms with E-state index in [-0.39, 0.29) is 23.2 Å². The van der Waals surface area contributed by atoms with E-state index in [4.69, 9.17) is 4.99 Å². The van der Waals surface area contributed by atoms with Crippen molar-refractivity contribution < 1.29 is 4.79 Å². The Morgan fingerprint density at radius 3 is 2.59 bits per heavy atom. The first kappa shape index (κ1) is 20.8. The number of aliphatic imine (C=N–C) groups is 1. The predicted octanol–water partition coefficient (Wildman–Crippen LogP) is 2.24. The minimum Gasteiger partial charge on any atom is -0.345 e. The van der Waals surface area contributed by atoms with Gasteiger partial charge in [-0.15, -0.1) is 0 Å². The van der Waals surface area contributed by atoms with E-state index in [1.807, 2.05) is 32.3 Å². The van der Waals surface area contributed by atoms with Crippen molar-refractivity contribution in [1.82, 2.24) is 19.0 Å². The van der Waals surface area contributed by atoms with Crippen LogP contribution in [0.25, 0.3) is 0 Å². The largest absolute Gasteiger partial charge is 0.345 e. The molecule has 2 aromatic heterocycles. The number of nitrogens with zero attached hydrogens (tertiary/aromatic N) is 5. The number of pyridine rings is 1. The topological polar surface area (TPSA) is 89.6 Å². The first-order valence-electron chi connectivity index (χ1n) is 11.6. The van der Waals surface area contributed by atoms with E-state index < -0.39 is 0 Å². The molecule has 2 aromatic rings. The minimum atomic E-state index is -0.229. The number of carbonyl (C=O) groups excluding carboxylic acids is 1. The van der Waals surface area contributed by atoms with E-state index in [1.54, 1.807) is 9.47 Å². The summed E-state index contributed by atoms with van der Waals surface area (Å²) in [7, 11) is 1.86. The molecule has 2 fully saturated rings. The van der Waals surface area contributed by atoms with Gasteiger partial charge in [-0.25, -0.2) is 9.79 Å². The van der Waals surface area contributed by atoms with Gasteiger partial charge in [-0.1, -0.05) is 6.92 Å². The summed E-state index contributed by atoms with van der Waals surface area (Å²) in [5.41, 5.74) is 2.88. The van der Waals surface area contributed by atoms with Crippen LogP contribution in [0, 0.1) is 5.92 Å². The van der Waals surface area contributed by atoms with Crippen molar-refractivity contribution in [2.75, 3.05) is 13.6 Å². The minimum absolute atomic E-state index is 0.0448. The van der Waals surface area contributed by atoms with Crippen LogP contribution in [0.4, 0.5) is 5.82 Å². The summed E-state index contributed by atoms with van der Waals surface area (Å²) in [6.45, 7) is 3.40. The van der Waals surface area contributed by atoms with Crippen molar-refractivity contribution in [1.29, 1.82) is 0 Å². The Bertz CT molecular complexity index is 1200. The Hall–Kier alpha value is -3.03. The average Bonchev–Trinajstić information content (AvgIpc) is 3.42. The lowest BCUT2D eigenvalue weighted by Crippen LogP contribution is -2.40. The Balaban J connectivity index is 1.35. The summed E-state index contributed by atoms with van der Waals surface area (Å²) >= 11 is 0. The van der Waals surface area contributed by atoms with Gasteiger partial charge in [0.25, 0.3) is 5.56 Å². The van der Waals surface area contributed by atoms with Gasteiger partial charge in [-0.3, -0.25) is 23.7 Å². The van der Waals surface area contributed by atoms with Gasteiger partial charge in [0.05, 0.1) is 11.3 Å². The molecule has 1 amide bonds. The highest BCUT2D eigenvalue weighted by Gasteiger charge is 2.32. The van der Waals surface area contributed by atoms with Gasteiger partial charge in [0.15, 0.2) is 0 Å². The standard InChI is InChI=1S/C24H29N5O3/c1-3-10-28-22-19(23(31)29(24(28)32)18-8-9-18)12-20(26-22)16-5-7-17(25-13-16)6-4-15-11-21(30)27(2)14-15/h5,7,13,15,18H,3-4,6,8-12,14H2,1-2H3. The molecule has 2 aliphatic heterocycles. The summed E-state index contributed by atoms with van der Waals surface area (Å²) in [5, 5.41) is 0. The van der Waals surface area contributed by atoms with Gasteiger partial charge in [0, 0.05) is 56.5 Å². The summed E-state index contributed by atoms with van der Waals surface area (Å²) < 4.78 is 3.11. The number of hydrogen-bond acceptors (Lipinski definition) is 5. The fourth-order valence-corrected chi connectivity index (χ4v) is 4.82. The van der Waals surface area contributed by atoms with Crippen LogP contribution in [0.15, 0.2) is 32.9 Å². The smallest absolute Gasteiger partial charge is 0.332 e. The highest BCUT2D eigenvalue weighted by atomic mass is 16.2. The Labute approximate surface area is 186 Å². The van der Waals surface area contributed by atoms with Crippen LogP contribution >= 0.6 is 0 Å². The number of rotatable bonds is 7. The van der Waals surface area contributed by atoms with Crippen LogP contribution in [0.3, 0.4) is 0 Å². The molecule has 0 bridgehead atoms. The van der Waals surface area contributed by atoms with E-state index >= 15 is 0 Å². The SMILES string of the molecule is CCCn1c2c(c(=O)n(C3CC3)c1=O)CC(c1ccc(CCC3CC(=O)N(C)C3)nc1)=N2. The van der Waals surface area contributed by atoms with Crippen molar-refractivity contribution in [2.45, 2.75) is 64.5 Å². The van der Waals surface area contributed by atoms with Gasteiger partial charge < -0.3 is 4.90 Å². The maximum atomic E-state index is 13.0. The average molecular weight is 436 g/mol. The quantitative estimate of drug-likeness (QED) is 0.667. The zero-order chi connectivity index (χ0) is 22.4. The number of amides is 1. The molecule has 1 atom stereocenters. The summed E-state index contributed by atoms with van der Waals surface area (Å²) in [6.07, 6.45) is 7.24. The second-order valence-corrected chi connectivity index (χ2v) is 9.30. The molecule has 1 saturated heterocycles. The lowest BCUT2D eigenvalue weighted by atomic mass is 10.0. The molecule has 8 nitrogen and oxygen atoms in total. The number of fused-ring (bicyclic) bond motifs is 1. The number of likely N-dealkylation sites (tertiary alicyclic amines) is 1. The van der Waals surface area contributed by atoms with E-state index in [9.17, 15) is 14.4 Å². The van der Waals surface area contributed by atoms with Gasteiger partial charge in [0.1, 0.15) is 5.82 Å². The van der Waals surface area contributed by atoms with E-state index in [2.05, 4.69) is 4.98 Å². The second kappa shape index (κ2) is 8.15. The number of aromatic nitrogens is 3. The van der Waals surface area contributed by atoms with Crippen LogP contribution in [-0.4, -0.2) is 44.2 Å². The molecule has 1 unspecified atom stereocenters. The summed E-state index contributed by atoms with van der Waals surface area (Å²) in [6, 6.07) is 4.05. The number of aryl methyl sites for hydroxylation is 1. The van der Waals surface area contributed by atoms with Crippen LogP contribution in [0.1, 0.15) is 61.9 Å². The molecule has 3 aliphatic rings. The number of hydrogen-bond donors (Lipinski definition) is 0. The monoisotopic (exact) mass is 435 g/mol. The highest BCUT2D eigenvalue weighted by molar-refractivity contribution is 6.05. The zero-order valence-corrected chi connectivity index (χ0v) is 18.7. The van der Waals surface area contributed by atoms with Crippen LogP contribution < -0.4 is 11.2 Å². The van der Waals surface area contributed by atoms with Gasteiger partial charge in [-0.2, -0.15) is 0 Å². The molecule has 0 spiro atoms. The Kier molecular flexibility index (Phi) is 5.31. The molecular weight excluding hydrogens is 406 g/mol. The van der Waals surface area contributed by atoms with Gasteiger partial charge in [0.2, 0.25) is 5.91 Å². The lowest BCUT2D eigenvalue weighted by Gasteiger charge is -2.12. The second-order valence-electron chi connectivity index (χ2n) is 9.30. The lowest BCUT2D eigenvalue weighted by molar-refractivity contribution is -0.126. The molecule has 168 valence electrons. The molecule has 0 N–H and O–H groups in total. The molecule has 4 heterocycles. The fourth-order valence-electron chi connectivity index (χ4n) is 4.82. The third-order valence-electron chi connectivity index (χ3n) is 6.77. The van der Waals surface area contributed by atoms with Crippen LogP contribution in [-0.2, 0) is 24.2 Å². The molecule has 0 aromatic carbocycles. The van der Waals surface area contributed by atoms with E-state index in [0.717, 1.165) is 55.6 Å². The Morgan fingerprint density at radius 2 is 1.97 bits per heavy atom. The normalized spacial score (nSPS) is 20.1. The van der Waals surface area contributed by atoms with Crippen molar-refractivity contribution in [3.63, 3.8) is 0 Å². The van der Waals surface area contributed by atoms with Crippen molar-refractivity contribution >= 4 is 17.4 Å². The molecule has 1 aliphatic carbocycles. The van der Waals surface area contributed by atoms with E-state index in [1.165, 1.54) is 4.57 Å². The molecular formula is C24H29N5O3. The molecule has 32 heavy (non-hydrogen) atoms. The Morgan fingerprint density at radius 1 is 1.16 bits per heavy atom. The predicted molar refractivity (Wildman–Crippen MR) is 122 cm³/mol. The maximum absolute atomic E-state index is 13.0. The number of carbonyl (C=O) groups is 1. The van der Waals surface area contributed by atoms with Crippen molar-refractivity contribution in [3.05, 3.63) is 56.0 Å². The van der Waals surface area contributed by atoms with Crippen LogP contribution in [0.5, 0.6) is 0 Å². The molecule has 8 heteroatoms. The van der Waals surface area contributed by atoms with E-state index in [0.29, 0.717) is 36.7 Å². The van der Waals surface area contributed by atoms with Crippen LogP contribution in [0.2, 0.25) is 0 Å². The third kappa shape index (κ3) is 3.72. The maximum Gasteiger partial charge on any atom is 0.332 e. The van der Waals surface area contributed by atoms with Gasteiger partial charge >= 0.3 is 5.69 Å². The summed E-state index contributed by atoms with van der Waals surface area (Å²) in [5.74, 6) is 1.14. The summed E-state index contributed by atoms with van der Waals surface area (Å²) in [4.78, 5) is 48.8. The van der Waals surface area contributed by atoms with Crippen molar-refractivity contribution in [2.24, 2.45) is 10.9 Å².